The minimum absolute atomic E-state index is 0.132. The van der Waals surface area contributed by atoms with Crippen LogP contribution in [0, 0.1) is 0 Å². The second-order valence-electron chi connectivity index (χ2n) is 7.67. The number of rotatable bonds is 6. The fourth-order valence-corrected chi connectivity index (χ4v) is 5.24. The molecule has 0 bridgehead atoms. The number of benzene rings is 2. The van der Waals surface area contributed by atoms with Gasteiger partial charge < -0.3 is 14.7 Å². The van der Waals surface area contributed by atoms with Gasteiger partial charge in [-0.25, -0.2) is 13.2 Å². The van der Waals surface area contributed by atoms with Gasteiger partial charge in [-0.3, -0.25) is 9.69 Å². The van der Waals surface area contributed by atoms with Crippen LogP contribution in [0.2, 0.25) is 0 Å². The quantitative estimate of drug-likeness (QED) is 0.710. The Bertz CT molecular complexity index is 1120. The highest BCUT2D eigenvalue weighted by atomic mass is 32.2. The molecule has 0 saturated heterocycles. The van der Waals surface area contributed by atoms with Gasteiger partial charge in [0.2, 0.25) is 5.91 Å². The van der Waals surface area contributed by atoms with Crippen molar-refractivity contribution in [3.8, 4) is 11.1 Å². The molecular formula is C23H28N2O6S. The Kier molecular flexibility index (Phi) is 7.20. The number of anilines is 2. The van der Waals surface area contributed by atoms with Crippen molar-refractivity contribution in [1.29, 1.82) is 0 Å². The number of aliphatic hydroxyl groups excluding tert-OH is 1. The first kappa shape index (κ1) is 23.7. The van der Waals surface area contributed by atoms with E-state index in [2.05, 4.69) is 0 Å². The SMILES string of the molecule is CCOC(=O)N1C[C@H](C)N(C(C)=O)c2ccc(-c3cccc(S(=O)(=O)CCCO)c3)cc21. The Morgan fingerprint density at radius 2 is 1.84 bits per heavy atom. The molecule has 2 aromatic rings. The van der Waals surface area contributed by atoms with Crippen molar-refractivity contribution in [2.45, 2.75) is 38.1 Å². The van der Waals surface area contributed by atoms with Crippen molar-refractivity contribution in [2.24, 2.45) is 0 Å². The van der Waals surface area contributed by atoms with Crippen molar-refractivity contribution in [1.82, 2.24) is 0 Å². The Morgan fingerprint density at radius 1 is 1.12 bits per heavy atom. The van der Waals surface area contributed by atoms with E-state index in [-0.39, 0.29) is 48.8 Å². The van der Waals surface area contributed by atoms with E-state index in [9.17, 15) is 18.0 Å². The van der Waals surface area contributed by atoms with Crippen LogP contribution >= 0.6 is 0 Å². The summed E-state index contributed by atoms with van der Waals surface area (Å²) in [4.78, 5) is 28.2. The van der Waals surface area contributed by atoms with Crippen LogP contribution in [-0.2, 0) is 19.4 Å². The lowest BCUT2D eigenvalue weighted by atomic mass is 10.0. The van der Waals surface area contributed by atoms with Gasteiger partial charge in [-0.1, -0.05) is 18.2 Å². The zero-order valence-corrected chi connectivity index (χ0v) is 19.3. The third-order valence-electron chi connectivity index (χ3n) is 5.34. The lowest BCUT2D eigenvalue weighted by Crippen LogP contribution is -2.51. The summed E-state index contributed by atoms with van der Waals surface area (Å²) in [5, 5.41) is 8.97. The van der Waals surface area contributed by atoms with Gasteiger partial charge in [-0.15, -0.1) is 0 Å². The number of aliphatic hydroxyl groups is 1. The third-order valence-corrected chi connectivity index (χ3v) is 7.14. The lowest BCUT2D eigenvalue weighted by molar-refractivity contribution is -0.117. The van der Waals surface area contributed by atoms with Crippen LogP contribution in [0.1, 0.15) is 27.2 Å². The van der Waals surface area contributed by atoms with Crippen molar-refractivity contribution in [3.05, 3.63) is 42.5 Å². The molecule has 1 atom stereocenters. The zero-order valence-electron chi connectivity index (χ0n) is 18.4. The molecule has 0 fully saturated rings. The molecule has 8 nitrogen and oxygen atoms in total. The van der Waals surface area contributed by atoms with Crippen LogP contribution in [0.25, 0.3) is 11.1 Å². The molecule has 0 spiro atoms. The van der Waals surface area contributed by atoms with Gasteiger partial charge in [0, 0.05) is 20.1 Å². The maximum atomic E-state index is 12.6. The highest BCUT2D eigenvalue weighted by Gasteiger charge is 2.34. The molecule has 32 heavy (non-hydrogen) atoms. The summed E-state index contributed by atoms with van der Waals surface area (Å²) in [6, 6.07) is 11.7. The Morgan fingerprint density at radius 3 is 2.50 bits per heavy atom. The van der Waals surface area contributed by atoms with E-state index in [1.54, 1.807) is 48.2 Å². The normalized spacial score (nSPS) is 15.9. The fourth-order valence-electron chi connectivity index (χ4n) is 3.90. The Hall–Kier alpha value is -2.91. The van der Waals surface area contributed by atoms with Crippen LogP contribution in [0.15, 0.2) is 47.4 Å². The number of nitrogens with zero attached hydrogens (tertiary/aromatic N) is 2. The zero-order chi connectivity index (χ0) is 23.5. The fraction of sp³-hybridized carbons (Fsp3) is 0.391. The number of amides is 2. The summed E-state index contributed by atoms with van der Waals surface area (Å²) in [6.45, 7) is 5.39. The van der Waals surface area contributed by atoms with Crippen LogP contribution in [0.5, 0.6) is 0 Å². The monoisotopic (exact) mass is 460 g/mol. The van der Waals surface area contributed by atoms with Crippen LogP contribution < -0.4 is 9.80 Å². The van der Waals surface area contributed by atoms with Crippen LogP contribution in [0.4, 0.5) is 16.2 Å². The summed E-state index contributed by atoms with van der Waals surface area (Å²) in [5.41, 5.74) is 2.49. The first-order chi connectivity index (χ1) is 15.2. The Balaban J connectivity index is 2.08. The summed E-state index contributed by atoms with van der Waals surface area (Å²) in [7, 11) is -3.53. The molecule has 3 rings (SSSR count). The predicted octanol–water partition coefficient (Wildman–Crippen LogP) is 3.23. The van der Waals surface area contributed by atoms with Gasteiger partial charge in [0.1, 0.15) is 0 Å². The molecule has 1 heterocycles. The van der Waals surface area contributed by atoms with Crippen LogP contribution in [0.3, 0.4) is 0 Å². The summed E-state index contributed by atoms with van der Waals surface area (Å²) in [5.74, 6) is -0.272. The first-order valence-corrected chi connectivity index (χ1v) is 12.2. The summed E-state index contributed by atoms with van der Waals surface area (Å²) >= 11 is 0. The highest BCUT2D eigenvalue weighted by Crippen LogP contribution is 2.39. The number of carbonyl (C=O) groups excluding carboxylic acids is 2. The second-order valence-corrected chi connectivity index (χ2v) is 9.78. The van der Waals surface area contributed by atoms with Gasteiger partial charge in [0.15, 0.2) is 9.84 Å². The van der Waals surface area contributed by atoms with E-state index in [1.165, 1.54) is 17.9 Å². The van der Waals surface area contributed by atoms with Crippen molar-refractivity contribution < 1.29 is 27.9 Å². The molecule has 0 aliphatic carbocycles. The number of ether oxygens (including phenoxy) is 1. The third kappa shape index (κ3) is 4.78. The molecule has 1 N–H and O–H groups in total. The van der Waals surface area contributed by atoms with E-state index in [0.717, 1.165) is 0 Å². The number of hydrogen-bond acceptors (Lipinski definition) is 6. The van der Waals surface area contributed by atoms with Crippen molar-refractivity contribution in [2.75, 3.05) is 35.3 Å². The van der Waals surface area contributed by atoms with Gasteiger partial charge in [0.05, 0.1) is 34.7 Å². The van der Waals surface area contributed by atoms with Gasteiger partial charge in [-0.05, 0) is 55.7 Å². The van der Waals surface area contributed by atoms with Gasteiger partial charge >= 0.3 is 6.09 Å². The highest BCUT2D eigenvalue weighted by molar-refractivity contribution is 7.91. The molecular weight excluding hydrogens is 432 g/mol. The smallest absolute Gasteiger partial charge is 0.414 e. The number of fused-ring (bicyclic) bond motifs is 1. The molecule has 2 aromatic carbocycles. The standard InChI is InChI=1S/C23H28N2O6S/c1-4-31-23(28)24-15-16(2)25(17(3)27)21-10-9-19(14-22(21)24)18-7-5-8-20(13-18)32(29,30)12-6-11-26/h5,7-10,13-14,16,26H,4,6,11-12,15H2,1-3H3/t16-/m0/s1. The largest absolute Gasteiger partial charge is 0.449 e. The van der Waals surface area contributed by atoms with Crippen LogP contribution in [-0.4, -0.2) is 57.1 Å². The molecule has 1 aliphatic rings. The van der Waals surface area contributed by atoms with Crippen molar-refractivity contribution in [3.63, 3.8) is 0 Å². The Labute approximate surface area is 188 Å². The summed E-state index contributed by atoms with van der Waals surface area (Å²) in [6.07, 6.45) is -0.333. The lowest BCUT2D eigenvalue weighted by Gasteiger charge is -2.40. The number of sulfone groups is 1. The maximum absolute atomic E-state index is 12.6. The minimum Gasteiger partial charge on any atom is -0.449 e. The average molecular weight is 461 g/mol. The van der Waals surface area contributed by atoms with Gasteiger partial charge in [0.25, 0.3) is 0 Å². The second kappa shape index (κ2) is 9.70. The molecule has 172 valence electrons. The van der Waals surface area contributed by atoms with E-state index in [4.69, 9.17) is 9.84 Å². The topological polar surface area (TPSA) is 104 Å². The minimum atomic E-state index is -3.53. The van der Waals surface area contributed by atoms with E-state index >= 15 is 0 Å². The maximum Gasteiger partial charge on any atom is 0.414 e. The summed E-state index contributed by atoms with van der Waals surface area (Å²) < 4.78 is 30.3. The first-order valence-electron chi connectivity index (χ1n) is 10.5. The molecule has 0 unspecified atom stereocenters. The predicted molar refractivity (Wildman–Crippen MR) is 123 cm³/mol. The average Bonchev–Trinajstić information content (AvgIpc) is 2.76. The molecule has 0 radical (unpaired) electrons. The molecule has 9 heteroatoms. The number of carbonyl (C=O) groups is 2. The van der Waals surface area contributed by atoms with E-state index in [0.29, 0.717) is 22.5 Å². The van der Waals surface area contributed by atoms with Gasteiger partial charge in [-0.2, -0.15) is 0 Å². The van der Waals surface area contributed by atoms with Crippen molar-refractivity contribution >= 4 is 33.2 Å². The molecule has 1 aliphatic heterocycles. The van der Waals surface area contributed by atoms with E-state index in [1.807, 2.05) is 6.92 Å². The number of hydrogen-bond donors (Lipinski definition) is 1. The molecule has 0 aromatic heterocycles. The molecule has 2 amide bonds. The molecule has 0 saturated carbocycles. The van der Waals surface area contributed by atoms with E-state index < -0.39 is 15.9 Å².